The van der Waals surface area contributed by atoms with Gasteiger partial charge in [0.05, 0.1) is 11.3 Å². The fourth-order valence-electron chi connectivity index (χ4n) is 3.86. The second kappa shape index (κ2) is 8.27. The summed E-state index contributed by atoms with van der Waals surface area (Å²) in [6, 6.07) is 5.92. The third-order valence-corrected chi connectivity index (χ3v) is 5.58. The van der Waals surface area contributed by atoms with Crippen LogP contribution in [0.2, 0.25) is 0 Å². The van der Waals surface area contributed by atoms with Gasteiger partial charge in [-0.15, -0.1) is 5.10 Å². The van der Waals surface area contributed by atoms with Crippen molar-refractivity contribution in [3.05, 3.63) is 52.8 Å². The summed E-state index contributed by atoms with van der Waals surface area (Å²) in [4.78, 5) is 6.74. The zero-order chi connectivity index (χ0) is 22.2. The Morgan fingerprint density at radius 3 is 2.58 bits per heavy atom. The summed E-state index contributed by atoms with van der Waals surface area (Å²) in [6.45, 7) is 6.67. The molecule has 0 bridgehead atoms. The van der Waals surface area contributed by atoms with Crippen molar-refractivity contribution in [3.8, 4) is 0 Å². The highest BCUT2D eigenvalue weighted by Gasteiger charge is 2.33. The predicted octanol–water partition coefficient (Wildman–Crippen LogP) is 3.14. The maximum absolute atomic E-state index is 13.3. The standard InChI is InChI=1S/C21H24F3N7/c1-12-14(4-3-5-17(12)21(22,23)24)19(25)28-20-15-10-18(31-8-6-26-7-9-31)27-11-16(15)13(2)29-30-20/h3-5,10-11,19,26H,6-9,25H2,1-2H3,(H,28,30)/t19-/m0/s1. The van der Waals surface area contributed by atoms with Crippen molar-refractivity contribution in [3.63, 3.8) is 0 Å². The zero-order valence-corrected chi connectivity index (χ0v) is 17.3. The second-order valence-electron chi connectivity index (χ2n) is 7.60. The van der Waals surface area contributed by atoms with Gasteiger partial charge in [-0.1, -0.05) is 12.1 Å². The van der Waals surface area contributed by atoms with E-state index in [1.165, 1.54) is 13.0 Å². The van der Waals surface area contributed by atoms with Crippen LogP contribution in [0.5, 0.6) is 0 Å². The number of halogens is 3. The topological polar surface area (TPSA) is 92.0 Å². The van der Waals surface area contributed by atoms with Crippen LogP contribution < -0.4 is 21.3 Å². The molecule has 7 nitrogen and oxygen atoms in total. The van der Waals surface area contributed by atoms with E-state index in [1.54, 1.807) is 12.3 Å². The van der Waals surface area contributed by atoms with Crippen LogP contribution in [0, 0.1) is 13.8 Å². The average Bonchev–Trinajstić information content (AvgIpc) is 2.75. The van der Waals surface area contributed by atoms with Crippen molar-refractivity contribution in [2.45, 2.75) is 26.2 Å². The molecule has 31 heavy (non-hydrogen) atoms. The number of piperazine rings is 1. The largest absolute Gasteiger partial charge is 0.416 e. The number of aromatic nitrogens is 3. The summed E-state index contributed by atoms with van der Waals surface area (Å²) >= 11 is 0. The molecule has 10 heteroatoms. The number of fused-ring (bicyclic) bond motifs is 1. The number of aryl methyl sites for hydroxylation is 1. The molecule has 3 heterocycles. The van der Waals surface area contributed by atoms with E-state index < -0.39 is 17.9 Å². The number of hydrogen-bond acceptors (Lipinski definition) is 7. The molecule has 4 N–H and O–H groups in total. The summed E-state index contributed by atoms with van der Waals surface area (Å²) in [5.41, 5.74) is 6.71. The Hall–Kier alpha value is -2.98. The first-order chi connectivity index (χ1) is 14.8. The van der Waals surface area contributed by atoms with E-state index in [4.69, 9.17) is 5.73 Å². The maximum atomic E-state index is 13.3. The highest BCUT2D eigenvalue weighted by molar-refractivity contribution is 5.94. The first kappa shape index (κ1) is 21.3. The summed E-state index contributed by atoms with van der Waals surface area (Å²) in [6.07, 6.45) is -3.58. The van der Waals surface area contributed by atoms with E-state index in [1.807, 2.05) is 13.0 Å². The molecule has 4 rings (SSSR count). The van der Waals surface area contributed by atoms with Gasteiger partial charge < -0.3 is 21.3 Å². The van der Waals surface area contributed by atoms with Crippen molar-refractivity contribution >= 4 is 22.4 Å². The van der Waals surface area contributed by atoms with Crippen molar-refractivity contribution in [2.75, 3.05) is 36.4 Å². The van der Waals surface area contributed by atoms with Crippen molar-refractivity contribution in [2.24, 2.45) is 5.73 Å². The van der Waals surface area contributed by atoms with Gasteiger partial charge in [0.25, 0.3) is 0 Å². The lowest BCUT2D eigenvalue weighted by Crippen LogP contribution is -2.43. The Kier molecular flexibility index (Phi) is 5.67. The number of alkyl halides is 3. The SMILES string of the molecule is Cc1c([C@@H](N)Nc2nnc(C)c3cnc(N4CCNCC4)cc23)cccc1C(F)(F)F. The number of pyridine rings is 1. The summed E-state index contributed by atoms with van der Waals surface area (Å²) in [5.74, 6) is 1.22. The molecule has 1 aromatic carbocycles. The number of hydrogen-bond donors (Lipinski definition) is 3. The molecule has 1 aliphatic heterocycles. The first-order valence-electron chi connectivity index (χ1n) is 10.0. The van der Waals surface area contributed by atoms with Gasteiger partial charge in [0.2, 0.25) is 0 Å². The molecule has 164 valence electrons. The summed E-state index contributed by atoms with van der Waals surface area (Å²) in [7, 11) is 0. The summed E-state index contributed by atoms with van der Waals surface area (Å²) < 4.78 is 39.9. The molecule has 0 radical (unpaired) electrons. The lowest BCUT2D eigenvalue weighted by atomic mass is 10.00. The van der Waals surface area contributed by atoms with Crippen LogP contribution in [-0.2, 0) is 6.18 Å². The molecule has 0 amide bonds. The first-order valence-corrected chi connectivity index (χ1v) is 10.0. The lowest BCUT2D eigenvalue weighted by Gasteiger charge is -2.28. The molecule has 0 unspecified atom stereocenters. The van der Waals surface area contributed by atoms with Crippen LogP contribution in [0.1, 0.15) is 28.6 Å². The fourth-order valence-corrected chi connectivity index (χ4v) is 3.86. The Morgan fingerprint density at radius 2 is 1.87 bits per heavy atom. The number of nitrogens with one attached hydrogen (secondary N) is 2. The normalized spacial score (nSPS) is 15.9. The molecule has 1 atom stereocenters. The quantitative estimate of drug-likeness (QED) is 0.547. The second-order valence-corrected chi connectivity index (χ2v) is 7.60. The average molecular weight is 431 g/mol. The minimum Gasteiger partial charge on any atom is -0.354 e. The molecule has 1 aliphatic rings. The van der Waals surface area contributed by atoms with Crippen molar-refractivity contribution in [1.29, 1.82) is 0 Å². The number of nitrogens with zero attached hydrogens (tertiary/aromatic N) is 4. The Labute approximate surface area is 177 Å². The zero-order valence-electron chi connectivity index (χ0n) is 17.3. The maximum Gasteiger partial charge on any atom is 0.416 e. The van der Waals surface area contributed by atoms with Gasteiger partial charge in [0.1, 0.15) is 12.0 Å². The van der Waals surface area contributed by atoms with Crippen molar-refractivity contribution < 1.29 is 13.2 Å². The Bertz CT molecular complexity index is 1090. The van der Waals surface area contributed by atoms with E-state index >= 15 is 0 Å². The fraction of sp³-hybridized carbons (Fsp3) is 0.381. The number of anilines is 2. The Morgan fingerprint density at radius 1 is 1.13 bits per heavy atom. The monoisotopic (exact) mass is 431 g/mol. The molecule has 1 fully saturated rings. The smallest absolute Gasteiger partial charge is 0.354 e. The van der Waals surface area contributed by atoms with Gasteiger partial charge in [-0.3, -0.25) is 0 Å². The number of rotatable bonds is 4. The van der Waals surface area contributed by atoms with E-state index in [0.29, 0.717) is 17.1 Å². The van der Waals surface area contributed by atoms with Gasteiger partial charge in [-0.05, 0) is 37.1 Å². The van der Waals surface area contributed by atoms with Gasteiger partial charge >= 0.3 is 6.18 Å². The van der Waals surface area contributed by atoms with Crippen LogP contribution in [0.3, 0.4) is 0 Å². The van der Waals surface area contributed by atoms with E-state index in [2.05, 4.69) is 30.7 Å². The highest BCUT2D eigenvalue weighted by atomic mass is 19.4. The molecular weight excluding hydrogens is 407 g/mol. The highest BCUT2D eigenvalue weighted by Crippen LogP contribution is 2.35. The van der Waals surface area contributed by atoms with Gasteiger partial charge in [0.15, 0.2) is 5.82 Å². The van der Waals surface area contributed by atoms with Crippen LogP contribution in [0.15, 0.2) is 30.5 Å². The minimum atomic E-state index is -4.44. The molecule has 1 saturated heterocycles. The number of nitrogens with two attached hydrogens (primary N) is 1. The number of benzene rings is 1. The van der Waals surface area contributed by atoms with E-state index in [0.717, 1.165) is 48.8 Å². The van der Waals surface area contributed by atoms with Crippen LogP contribution in [-0.4, -0.2) is 41.4 Å². The van der Waals surface area contributed by atoms with Gasteiger partial charge in [0, 0.05) is 43.1 Å². The molecule has 0 spiro atoms. The molecule has 0 saturated carbocycles. The van der Waals surface area contributed by atoms with Gasteiger partial charge in [-0.2, -0.15) is 18.3 Å². The third kappa shape index (κ3) is 4.26. The molecular formula is C21H24F3N7. The minimum absolute atomic E-state index is 0.0857. The lowest BCUT2D eigenvalue weighted by molar-refractivity contribution is -0.138. The van der Waals surface area contributed by atoms with Crippen LogP contribution in [0.25, 0.3) is 10.8 Å². The van der Waals surface area contributed by atoms with Crippen LogP contribution >= 0.6 is 0 Å². The Balaban J connectivity index is 1.70. The molecule has 2 aromatic heterocycles. The summed E-state index contributed by atoms with van der Waals surface area (Å²) in [5, 5.41) is 16.3. The van der Waals surface area contributed by atoms with Gasteiger partial charge in [-0.25, -0.2) is 4.98 Å². The van der Waals surface area contributed by atoms with E-state index in [9.17, 15) is 13.2 Å². The predicted molar refractivity (Wildman–Crippen MR) is 114 cm³/mol. The molecule has 3 aromatic rings. The van der Waals surface area contributed by atoms with Crippen LogP contribution in [0.4, 0.5) is 24.8 Å². The third-order valence-electron chi connectivity index (χ3n) is 5.58. The van der Waals surface area contributed by atoms with Crippen molar-refractivity contribution in [1.82, 2.24) is 20.5 Å². The molecule has 0 aliphatic carbocycles. The van der Waals surface area contributed by atoms with E-state index in [-0.39, 0.29) is 5.56 Å².